The number of hydrogen-bond acceptors (Lipinski definition) is 6. The molecule has 0 aliphatic heterocycles. The van der Waals surface area contributed by atoms with Gasteiger partial charge in [0.05, 0.1) is 22.7 Å². The van der Waals surface area contributed by atoms with Gasteiger partial charge in [-0.1, -0.05) is 0 Å². The zero-order valence-corrected chi connectivity index (χ0v) is 12.8. The third-order valence-corrected chi connectivity index (χ3v) is 3.68. The number of aryl methyl sites for hydroxylation is 1. The van der Waals surface area contributed by atoms with Crippen LogP contribution in [0.2, 0.25) is 0 Å². The van der Waals surface area contributed by atoms with Crippen molar-refractivity contribution in [3.8, 4) is 0 Å². The van der Waals surface area contributed by atoms with Gasteiger partial charge in [-0.2, -0.15) is 0 Å². The van der Waals surface area contributed by atoms with E-state index in [0.717, 1.165) is 16.1 Å². The number of ether oxygens (including phenoxy) is 1. The molecule has 6 nitrogen and oxygen atoms in total. The zero-order chi connectivity index (χ0) is 15.4. The van der Waals surface area contributed by atoms with Crippen molar-refractivity contribution in [3.05, 3.63) is 44.0 Å². The number of allylic oxidation sites excluding steroid dienone is 1. The monoisotopic (exact) mass is 305 g/mol. The Morgan fingerprint density at radius 2 is 2.24 bits per heavy atom. The molecule has 2 aromatic heterocycles. The SMILES string of the molecule is CCOC(=O)c1cnc(/C(C)=C\c2scnc2C)[nH]c1=O. The predicted molar refractivity (Wildman–Crippen MR) is 81.2 cm³/mol. The van der Waals surface area contributed by atoms with Crippen LogP contribution in [0.1, 0.15) is 40.6 Å². The molecule has 0 aliphatic rings. The molecule has 0 saturated carbocycles. The Morgan fingerprint density at radius 1 is 1.48 bits per heavy atom. The summed E-state index contributed by atoms with van der Waals surface area (Å²) in [5.74, 6) is -0.251. The van der Waals surface area contributed by atoms with Crippen molar-refractivity contribution in [1.82, 2.24) is 15.0 Å². The summed E-state index contributed by atoms with van der Waals surface area (Å²) in [6.45, 7) is 5.64. The Kier molecular flexibility index (Phi) is 4.64. The molecule has 0 aliphatic carbocycles. The third-order valence-electron chi connectivity index (χ3n) is 2.80. The van der Waals surface area contributed by atoms with E-state index in [0.29, 0.717) is 5.82 Å². The number of esters is 1. The van der Waals surface area contributed by atoms with Gasteiger partial charge in [0.1, 0.15) is 11.4 Å². The summed E-state index contributed by atoms with van der Waals surface area (Å²) < 4.78 is 4.79. The highest BCUT2D eigenvalue weighted by Crippen LogP contribution is 2.19. The van der Waals surface area contributed by atoms with Crippen LogP contribution in [0.3, 0.4) is 0 Å². The number of carbonyl (C=O) groups is 1. The number of rotatable bonds is 4. The first-order valence-electron chi connectivity index (χ1n) is 6.38. The quantitative estimate of drug-likeness (QED) is 0.876. The first kappa shape index (κ1) is 15.1. The molecule has 1 N–H and O–H groups in total. The number of hydrogen-bond donors (Lipinski definition) is 1. The number of aromatic amines is 1. The molecule has 0 aromatic carbocycles. The molecule has 0 atom stereocenters. The predicted octanol–water partition coefficient (Wildman–Crippen LogP) is 2.27. The van der Waals surface area contributed by atoms with E-state index in [4.69, 9.17) is 4.74 Å². The van der Waals surface area contributed by atoms with E-state index in [-0.39, 0.29) is 12.2 Å². The lowest BCUT2D eigenvalue weighted by molar-refractivity contribution is 0.0523. The van der Waals surface area contributed by atoms with E-state index in [1.54, 1.807) is 12.4 Å². The molecule has 0 unspecified atom stereocenters. The zero-order valence-electron chi connectivity index (χ0n) is 12.0. The maximum absolute atomic E-state index is 11.9. The Hall–Kier alpha value is -2.28. The van der Waals surface area contributed by atoms with Gasteiger partial charge >= 0.3 is 5.97 Å². The highest BCUT2D eigenvalue weighted by atomic mass is 32.1. The summed E-state index contributed by atoms with van der Waals surface area (Å²) >= 11 is 1.51. The Morgan fingerprint density at radius 3 is 2.81 bits per heavy atom. The van der Waals surface area contributed by atoms with Gasteiger partial charge in [-0.15, -0.1) is 11.3 Å². The van der Waals surface area contributed by atoms with E-state index >= 15 is 0 Å². The Balaban J connectivity index is 2.32. The molecule has 7 heteroatoms. The van der Waals surface area contributed by atoms with Gasteiger partial charge in [0, 0.05) is 6.20 Å². The molecule has 21 heavy (non-hydrogen) atoms. The van der Waals surface area contributed by atoms with E-state index in [1.165, 1.54) is 17.5 Å². The van der Waals surface area contributed by atoms with Crippen LogP contribution < -0.4 is 5.56 Å². The number of nitrogens with zero attached hydrogens (tertiary/aromatic N) is 2. The lowest BCUT2D eigenvalue weighted by Gasteiger charge is -2.03. The van der Waals surface area contributed by atoms with Crippen molar-refractivity contribution >= 4 is 29.0 Å². The number of carbonyl (C=O) groups excluding carboxylic acids is 1. The van der Waals surface area contributed by atoms with E-state index < -0.39 is 11.5 Å². The highest BCUT2D eigenvalue weighted by molar-refractivity contribution is 7.10. The molecule has 0 fully saturated rings. The second-order valence-corrected chi connectivity index (χ2v) is 5.21. The minimum atomic E-state index is -0.669. The largest absolute Gasteiger partial charge is 0.462 e. The summed E-state index contributed by atoms with van der Waals surface area (Å²) in [6.07, 6.45) is 3.14. The first-order valence-corrected chi connectivity index (χ1v) is 7.26. The molecule has 0 radical (unpaired) electrons. The maximum Gasteiger partial charge on any atom is 0.345 e. The molecule has 0 spiro atoms. The van der Waals surface area contributed by atoms with Crippen molar-refractivity contribution in [2.75, 3.05) is 6.61 Å². The molecule has 2 rings (SSSR count). The van der Waals surface area contributed by atoms with Gasteiger partial charge in [0.2, 0.25) is 0 Å². The van der Waals surface area contributed by atoms with Crippen LogP contribution in [0.5, 0.6) is 0 Å². The second kappa shape index (κ2) is 6.45. The molecule has 0 amide bonds. The van der Waals surface area contributed by atoms with Crippen LogP contribution in [0.25, 0.3) is 11.6 Å². The summed E-state index contributed by atoms with van der Waals surface area (Å²) in [5.41, 5.74) is 2.86. The van der Waals surface area contributed by atoms with Crippen LogP contribution in [-0.2, 0) is 4.74 Å². The van der Waals surface area contributed by atoms with Crippen molar-refractivity contribution in [2.45, 2.75) is 20.8 Å². The molecular weight excluding hydrogens is 290 g/mol. The van der Waals surface area contributed by atoms with Gasteiger partial charge in [-0.25, -0.2) is 14.8 Å². The smallest absolute Gasteiger partial charge is 0.345 e. The van der Waals surface area contributed by atoms with E-state index in [1.807, 2.05) is 19.9 Å². The Labute approximate surface area is 125 Å². The van der Waals surface area contributed by atoms with Gasteiger partial charge in [-0.05, 0) is 32.4 Å². The molecule has 110 valence electrons. The van der Waals surface area contributed by atoms with Crippen molar-refractivity contribution in [2.24, 2.45) is 0 Å². The second-order valence-electron chi connectivity index (χ2n) is 4.32. The fraction of sp³-hybridized carbons (Fsp3) is 0.286. The van der Waals surface area contributed by atoms with Gasteiger partial charge in [-0.3, -0.25) is 4.79 Å². The highest BCUT2D eigenvalue weighted by Gasteiger charge is 2.13. The Bertz CT molecular complexity index is 746. The van der Waals surface area contributed by atoms with Crippen LogP contribution in [0.4, 0.5) is 0 Å². The van der Waals surface area contributed by atoms with Gasteiger partial charge < -0.3 is 9.72 Å². The standard InChI is InChI=1S/C14H15N3O3S/c1-4-20-14(19)10-6-15-12(17-13(10)18)8(2)5-11-9(3)16-7-21-11/h5-7H,4H2,1-3H3,(H,15,17,18)/b8-5-. The third kappa shape index (κ3) is 3.43. The number of H-pyrrole nitrogens is 1. The fourth-order valence-corrected chi connectivity index (χ4v) is 2.46. The summed E-state index contributed by atoms with van der Waals surface area (Å²) in [4.78, 5) is 35.3. The lowest BCUT2D eigenvalue weighted by Crippen LogP contribution is -2.21. The van der Waals surface area contributed by atoms with Crippen LogP contribution in [0, 0.1) is 6.92 Å². The minimum Gasteiger partial charge on any atom is -0.462 e. The van der Waals surface area contributed by atoms with Crippen LogP contribution in [-0.4, -0.2) is 27.5 Å². The van der Waals surface area contributed by atoms with Crippen molar-refractivity contribution in [3.63, 3.8) is 0 Å². The first-order chi connectivity index (χ1) is 10.0. The molecule has 2 heterocycles. The minimum absolute atomic E-state index is 0.0950. The van der Waals surface area contributed by atoms with Gasteiger partial charge in [0.25, 0.3) is 5.56 Å². The summed E-state index contributed by atoms with van der Waals surface area (Å²) in [7, 11) is 0. The average molecular weight is 305 g/mol. The summed E-state index contributed by atoms with van der Waals surface area (Å²) in [6, 6.07) is 0. The van der Waals surface area contributed by atoms with E-state index in [9.17, 15) is 9.59 Å². The molecular formula is C14H15N3O3S. The number of thiazole rings is 1. The normalized spacial score (nSPS) is 11.5. The van der Waals surface area contributed by atoms with Crippen LogP contribution in [0.15, 0.2) is 16.5 Å². The molecule has 0 bridgehead atoms. The lowest BCUT2D eigenvalue weighted by atomic mass is 10.2. The number of aromatic nitrogens is 3. The average Bonchev–Trinajstić information content (AvgIpc) is 2.84. The summed E-state index contributed by atoms with van der Waals surface area (Å²) in [5, 5.41) is 0. The van der Waals surface area contributed by atoms with Crippen molar-refractivity contribution < 1.29 is 9.53 Å². The van der Waals surface area contributed by atoms with Crippen LogP contribution >= 0.6 is 11.3 Å². The maximum atomic E-state index is 11.9. The molecule has 0 saturated heterocycles. The molecule has 2 aromatic rings. The van der Waals surface area contributed by atoms with E-state index in [2.05, 4.69) is 15.0 Å². The fourth-order valence-electron chi connectivity index (χ4n) is 1.66. The van der Waals surface area contributed by atoms with Gasteiger partial charge in [0.15, 0.2) is 0 Å². The number of nitrogens with one attached hydrogen (secondary N) is 1. The van der Waals surface area contributed by atoms with Crippen molar-refractivity contribution in [1.29, 1.82) is 0 Å². The topological polar surface area (TPSA) is 84.9 Å².